The Morgan fingerprint density at radius 3 is 3.17 bits per heavy atom. The van der Waals surface area contributed by atoms with Gasteiger partial charge in [-0.3, -0.25) is 4.79 Å². The van der Waals surface area contributed by atoms with Crippen molar-refractivity contribution in [1.29, 1.82) is 5.26 Å². The second-order valence-corrected chi connectivity index (χ2v) is 3.09. The van der Waals surface area contributed by atoms with Crippen LogP contribution in [0.1, 0.15) is 17.6 Å². The second-order valence-electron chi connectivity index (χ2n) is 2.15. The van der Waals surface area contributed by atoms with E-state index in [0.29, 0.717) is 12.2 Å². The molecule has 0 unspecified atom stereocenters. The number of nitrogens with zero attached hydrogens (tertiary/aromatic N) is 2. The quantitative estimate of drug-likeness (QED) is 0.728. The summed E-state index contributed by atoms with van der Waals surface area (Å²) >= 11 is 1.37. The molecule has 5 heteroatoms. The summed E-state index contributed by atoms with van der Waals surface area (Å²) in [6.45, 7) is 1.85. The Bertz CT molecular complexity index is 326. The Labute approximate surface area is 73.9 Å². The largest absolute Gasteiger partial charge is 0.350 e. The van der Waals surface area contributed by atoms with Crippen LogP contribution in [0.25, 0.3) is 0 Å². The van der Waals surface area contributed by atoms with E-state index in [9.17, 15) is 4.79 Å². The van der Waals surface area contributed by atoms with Gasteiger partial charge in [0.15, 0.2) is 5.69 Å². The molecule has 1 rings (SSSR count). The Kier molecular flexibility index (Phi) is 2.77. The predicted molar refractivity (Wildman–Crippen MR) is 44.3 cm³/mol. The highest BCUT2D eigenvalue weighted by Gasteiger charge is 2.00. The average Bonchev–Trinajstić information content (AvgIpc) is 2.48. The van der Waals surface area contributed by atoms with Crippen LogP contribution < -0.4 is 5.32 Å². The van der Waals surface area contributed by atoms with Crippen molar-refractivity contribution >= 4 is 17.2 Å². The number of carbonyl (C=O) groups is 1. The van der Waals surface area contributed by atoms with E-state index in [4.69, 9.17) is 5.26 Å². The lowest BCUT2D eigenvalue weighted by Crippen LogP contribution is -2.18. The third-order valence-corrected chi connectivity index (χ3v) is 2.00. The molecular formula is C7H7N3OS. The van der Waals surface area contributed by atoms with Gasteiger partial charge in [-0.2, -0.15) is 5.26 Å². The van der Waals surface area contributed by atoms with Gasteiger partial charge in [-0.15, -0.1) is 11.3 Å². The second kappa shape index (κ2) is 3.83. The molecule has 1 amide bonds. The average molecular weight is 181 g/mol. The van der Waals surface area contributed by atoms with Crippen molar-refractivity contribution in [3.63, 3.8) is 0 Å². The maximum absolute atomic E-state index is 10.5. The van der Waals surface area contributed by atoms with E-state index >= 15 is 0 Å². The van der Waals surface area contributed by atoms with Crippen LogP contribution in [0.4, 0.5) is 0 Å². The van der Waals surface area contributed by atoms with Gasteiger partial charge in [-0.25, -0.2) is 4.98 Å². The molecule has 0 aliphatic heterocycles. The molecule has 0 bridgehead atoms. The van der Waals surface area contributed by atoms with Crippen molar-refractivity contribution in [2.75, 3.05) is 0 Å². The van der Waals surface area contributed by atoms with E-state index in [1.165, 1.54) is 18.3 Å². The zero-order valence-corrected chi connectivity index (χ0v) is 7.31. The fraction of sp³-hybridized carbons (Fsp3) is 0.286. The van der Waals surface area contributed by atoms with Crippen molar-refractivity contribution in [2.24, 2.45) is 0 Å². The first-order valence-corrected chi connectivity index (χ1v) is 4.19. The molecule has 0 atom stereocenters. The molecule has 0 saturated heterocycles. The lowest BCUT2D eigenvalue weighted by Gasteiger charge is -1.95. The first-order valence-electron chi connectivity index (χ1n) is 3.31. The van der Waals surface area contributed by atoms with Gasteiger partial charge in [0.05, 0.1) is 6.54 Å². The van der Waals surface area contributed by atoms with Crippen LogP contribution in [0.3, 0.4) is 0 Å². The van der Waals surface area contributed by atoms with Crippen LogP contribution in [0.15, 0.2) is 5.38 Å². The molecule has 62 valence electrons. The molecule has 1 N–H and O–H groups in total. The number of aromatic nitrogens is 1. The van der Waals surface area contributed by atoms with E-state index < -0.39 is 0 Å². The molecule has 0 fully saturated rings. The summed E-state index contributed by atoms with van der Waals surface area (Å²) in [5.74, 6) is -0.0938. The van der Waals surface area contributed by atoms with Gasteiger partial charge in [0.25, 0.3) is 0 Å². The third kappa shape index (κ3) is 2.32. The standard InChI is InChI=1S/C7H7N3OS/c1-5(11)9-3-7-10-6(2-8)4-12-7/h4H,3H2,1H3,(H,9,11). The monoisotopic (exact) mass is 181 g/mol. The molecule has 0 radical (unpaired) electrons. The minimum Gasteiger partial charge on any atom is -0.350 e. The zero-order chi connectivity index (χ0) is 8.97. The number of amides is 1. The molecule has 1 aromatic rings. The zero-order valence-electron chi connectivity index (χ0n) is 6.50. The maximum atomic E-state index is 10.5. The third-order valence-electron chi connectivity index (χ3n) is 1.15. The lowest BCUT2D eigenvalue weighted by molar-refractivity contribution is -0.119. The number of hydrogen-bond donors (Lipinski definition) is 1. The smallest absolute Gasteiger partial charge is 0.217 e. The van der Waals surface area contributed by atoms with Crippen molar-refractivity contribution in [1.82, 2.24) is 10.3 Å². The van der Waals surface area contributed by atoms with Gasteiger partial charge in [-0.1, -0.05) is 0 Å². The fourth-order valence-corrected chi connectivity index (χ4v) is 1.30. The van der Waals surface area contributed by atoms with E-state index in [1.807, 2.05) is 6.07 Å². The van der Waals surface area contributed by atoms with Gasteiger partial charge < -0.3 is 5.32 Å². The van der Waals surface area contributed by atoms with Crippen molar-refractivity contribution in [2.45, 2.75) is 13.5 Å². The van der Waals surface area contributed by atoms with Crippen LogP contribution in [0.5, 0.6) is 0 Å². The fourth-order valence-electron chi connectivity index (χ4n) is 0.644. The molecule has 0 spiro atoms. The van der Waals surface area contributed by atoms with Gasteiger partial charge in [0.1, 0.15) is 11.1 Å². The van der Waals surface area contributed by atoms with Gasteiger partial charge in [0.2, 0.25) is 5.91 Å². The van der Waals surface area contributed by atoms with Crippen LogP contribution in [-0.4, -0.2) is 10.9 Å². The van der Waals surface area contributed by atoms with Crippen molar-refractivity contribution in [3.8, 4) is 6.07 Å². The highest BCUT2D eigenvalue weighted by Crippen LogP contribution is 2.07. The topological polar surface area (TPSA) is 65.8 Å². The van der Waals surface area contributed by atoms with Crippen LogP contribution >= 0.6 is 11.3 Å². The van der Waals surface area contributed by atoms with Crippen molar-refractivity contribution in [3.05, 3.63) is 16.1 Å². The minimum atomic E-state index is -0.0938. The Hall–Kier alpha value is -1.41. The number of rotatable bonds is 2. The lowest BCUT2D eigenvalue weighted by atomic mass is 10.5. The molecule has 4 nitrogen and oxygen atoms in total. The van der Waals surface area contributed by atoms with Gasteiger partial charge >= 0.3 is 0 Å². The number of hydrogen-bond acceptors (Lipinski definition) is 4. The first-order chi connectivity index (χ1) is 5.72. The van der Waals surface area contributed by atoms with Crippen molar-refractivity contribution < 1.29 is 4.79 Å². The molecule has 1 aromatic heterocycles. The van der Waals surface area contributed by atoms with E-state index in [1.54, 1.807) is 5.38 Å². The summed E-state index contributed by atoms with van der Waals surface area (Å²) in [5.41, 5.74) is 0.403. The molecule has 0 aliphatic rings. The minimum absolute atomic E-state index is 0.0938. The number of nitriles is 1. The van der Waals surface area contributed by atoms with Gasteiger partial charge in [-0.05, 0) is 0 Å². The molecule has 1 heterocycles. The Morgan fingerprint density at radius 1 is 1.92 bits per heavy atom. The predicted octanol–water partition coefficient (Wildman–Crippen LogP) is 0.651. The highest BCUT2D eigenvalue weighted by molar-refractivity contribution is 7.09. The molecule has 12 heavy (non-hydrogen) atoms. The van der Waals surface area contributed by atoms with Gasteiger partial charge in [0, 0.05) is 12.3 Å². The van der Waals surface area contributed by atoms with E-state index in [2.05, 4.69) is 10.3 Å². The summed E-state index contributed by atoms with van der Waals surface area (Å²) < 4.78 is 0. The number of thiazole rings is 1. The molecule has 0 aromatic carbocycles. The SMILES string of the molecule is CC(=O)NCc1nc(C#N)cs1. The molecule has 0 saturated carbocycles. The maximum Gasteiger partial charge on any atom is 0.217 e. The van der Waals surface area contributed by atoms with Crippen LogP contribution in [0.2, 0.25) is 0 Å². The number of nitrogens with one attached hydrogen (secondary N) is 1. The summed E-state index contributed by atoms with van der Waals surface area (Å²) in [5, 5.41) is 13.4. The highest BCUT2D eigenvalue weighted by atomic mass is 32.1. The van der Waals surface area contributed by atoms with Crippen LogP contribution in [0, 0.1) is 11.3 Å². The Morgan fingerprint density at radius 2 is 2.67 bits per heavy atom. The summed E-state index contributed by atoms with van der Waals surface area (Å²) in [4.78, 5) is 14.4. The normalized spacial score (nSPS) is 9.00. The number of carbonyl (C=O) groups excluding carboxylic acids is 1. The Balaban J connectivity index is 2.54. The van der Waals surface area contributed by atoms with E-state index in [-0.39, 0.29) is 5.91 Å². The molecule has 0 aliphatic carbocycles. The summed E-state index contributed by atoms with van der Waals surface area (Å²) in [6.07, 6.45) is 0. The van der Waals surface area contributed by atoms with E-state index in [0.717, 1.165) is 5.01 Å². The first kappa shape index (κ1) is 8.68. The van der Waals surface area contributed by atoms with Crippen LogP contribution in [-0.2, 0) is 11.3 Å². The summed E-state index contributed by atoms with van der Waals surface area (Å²) in [6, 6.07) is 1.92. The molecular weight excluding hydrogens is 174 g/mol. The summed E-state index contributed by atoms with van der Waals surface area (Å²) in [7, 11) is 0.